The van der Waals surface area contributed by atoms with Gasteiger partial charge in [-0.25, -0.2) is 0 Å². The number of nitrogens with zero attached hydrogens (tertiary/aromatic N) is 1. The highest BCUT2D eigenvalue weighted by atomic mass is 79.9. The van der Waals surface area contributed by atoms with Gasteiger partial charge in [0.25, 0.3) is 0 Å². The summed E-state index contributed by atoms with van der Waals surface area (Å²) in [5.74, 6) is 1.68. The molecule has 0 amide bonds. The summed E-state index contributed by atoms with van der Waals surface area (Å²) in [7, 11) is 0. The molecule has 2 aliphatic heterocycles. The van der Waals surface area contributed by atoms with Crippen LogP contribution in [0.4, 0.5) is 5.69 Å². The lowest BCUT2D eigenvalue weighted by atomic mass is 9.97. The first-order chi connectivity index (χ1) is 8.33. The number of rotatable bonds is 1. The van der Waals surface area contributed by atoms with E-state index in [1.807, 2.05) is 0 Å². The van der Waals surface area contributed by atoms with Gasteiger partial charge >= 0.3 is 0 Å². The SMILES string of the molecule is Brc1ccc2c(c1)CN=C(C1CCOCC1)N2. The van der Waals surface area contributed by atoms with Crippen molar-refractivity contribution in [1.82, 2.24) is 0 Å². The summed E-state index contributed by atoms with van der Waals surface area (Å²) in [4.78, 5) is 4.66. The number of aliphatic imine (C=N–C) groups is 1. The van der Waals surface area contributed by atoms with Crippen molar-refractivity contribution in [3.8, 4) is 0 Å². The number of ether oxygens (including phenoxy) is 1. The standard InChI is InChI=1S/C13H15BrN2O/c14-11-1-2-12-10(7-11)8-15-13(16-12)9-3-5-17-6-4-9/h1-2,7,9H,3-6,8H2,(H,15,16). The van der Waals surface area contributed by atoms with Crippen LogP contribution in [0.25, 0.3) is 0 Å². The molecule has 17 heavy (non-hydrogen) atoms. The van der Waals surface area contributed by atoms with Crippen molar-refractivity contribution in [2.75, 3.05) is 18.5 Å². The van der Waals surface area contributed by atoms with Crippen molar-refractivity contribution in [1.29, 1.82) is 0 Å². The van der Waals surface area contributed by atoms with E-state index in [1.54, 1.807) is 0 Å². The average Bonchev–Trinajstić information content (AvgIpc) is 2.39. The first-order valence-electron chi connectivity index (χ1n) is 6.00. The van der Waals surface area contributed by atoms with Crippen LogP contribution in [0.2, 0.25) is 0 Å². The maximum absolute atomic E-state index is 5.39. The molecule has 1 saturated heterocycles. The van der Waals surface area contributed by atoms with E-state index < -0.39 is 0 Å². The highest BCUT2D eigenvalue weighted by Crippen LogP contribution is 2.27. The Bertz CT molecular complexity index is 453. The number of amidine groups is 1. The summed E-state index contributed by atoms with van der Waals surface area (Å²) in [5, 5.41) is 3.47. The first kappa shape index (κ1) is 11.2. The van der Waals surface area contributed by atoms with Crippen LogP contribution in [0.15, 0.2) is 27.7 Å². The molecule has 0 aromatic heterocycles. The fourth-order valence-corrected chi connectivity index (χ4v) is 2.77. The van der Waals surface area contributed by atoms with Gasteiger partial charge in [-0.05, 0) is 36.6 Å². The lowest BCUT2D eigenvalue weighted by Crippen LogP contribution is -2.31. The summed E-state index contributed by atoms with van der Waals surface area (Å²) < 4.78 is 6.50. The smallest absolute Gasteiger partial charge is 0.104 e. The molecule has 4 heteroatoms. The Morgan fingerprint density at radius 2 is 2.12 bits per heavy atom. The lowest BCUT2D eigenvalue weighted by Gasteiger charge is -2.27. The summed E-state index contributed by atoms with van der Waals surface area (Å²) in [6.45, 7) is 2.51. The third-order valence-corrected chi connectivity index (χ3v) is 3.85. The Morgan fingerprint density at radius 1 is 1.29 bits per heavy atom. The van der Waals surface area contributed by atoms with E-state index in [1.165, 1.54) is 11.3 Å². The third kappa shape index (κ3) is 2.38. The molecule has 0 aliphatic carbocycles. The Labute approximate surface area is 109 Å². The zero-order chi connectivity index (χ0) is 11.7. The number of hydrogen-bond acceptors (Lipinski definition) is 3. The quantitative estimate of drug-likeness (QED) is 0.863. The van der Waals surface area contributed by atoms with Crippen LogP contribution in [0.5, 0.6) is 0 Å². The average molecular weight is 295 g/mol. The Hall–Kier alpha value is -0.870. The molecule has 0 spiro atoms. The minimum atomic E-state index is 0.542. The topological polar surface area (TPSA) is 33.6 Å². The third-order valence-electron chi connectivity index (χ3n) is 3.36. The molecular weight excluding hydrogens is 280 g/mol. The van der Waals surface area contributed by atoms with Gasteiger partial charge in [-0.2, -0.15) is 0 Å². The van der Waals surface area contributed by atoms with Crippen molar-refractivity contribution in [3.63, 3.8) is 0 Å². The normalized spacial score (nSPS) is 20.4. The number of hydrogen-bond donors (Lipinski definition) is 1. The van der Waals surface area contributed by atoms with Crippen molar-refractivity contribution in [2.45, 2.75) is 19.4 Å². The zero-order valence-corrected chi connectivity index (χ0v) is 11.2. The number of benzene rings is 1. The van der Waals surface area contributed by atoms with E-state index in [0.717, 1.165) is 42.9 Å². The summed E-state index contributed by atoms with van der Waals surface area (Å²) >= 11 is 3.49. The summed E-state index contributed by atoms with van der Waals surface area (Å²) in [6.07, 6.45) is 2.16. The molecule has 0 unspecified atom stereocenters. The molecule has 1 aromatic rings. The fourth-order valence-electron chi connectivity index (χ4n) is 2.37. The van der Waals surface area contributed by atoms with Gasteiger partial charge in [0.1, 0.15) is 5.84 Å². The summed E-state index contributed by atoms with van der Waals surface area (Å²) in [5.41, 5.74) is 2.46. The Kier molecular flexibility index (Phi) is 3.16. The number of halogens is 1. The molecule has 1 fully saturated rings. The van der Waals surface area contributed by atoms with E-state index in [9.17, 15) is 0 Å². The molecule has 3 rings (SSSR count). The fraction of sp³-hybridized carbons (Fsp3) is 0.462. The summed E-state index contributed by atoms with van der Waals surface area (Å²) in [6, 6.07) is 6.32. The predicted octanol–water partition coefficient (Wildman–Crippen LogP) is 3.20. The van der Waals surface area contributed by atoms with E-state index in [2.05, 4.69) is 44.4 Å². The van der Waals surface area contributed by atoms with Crippen LogP contribution in [-0.2, 0) is 11.3 Å². The van der Waals surface area contributed by atoms with Crippen molar-refractivity contribution >= 4 is 27.5 Å². The lowest BCUT2D eigenvalue weighted by molar-refractivity contribution is 0.0827. The van der Waals surface area contributed by atoms with Crippen LogP contribution < -0.4 is 5.32 Å². The Balaban J connectivity index is 1.78. The van der Waals surface area contributed by atoms with E-state index in [4.69, 9.17) is 4.74 Å². The minimum Gasteiger partial charge on any atom is -0.381 e. The number of anilines is 1. The molecule has 0 atom stereocenters. The van der Waals surface area contributed by atoms with Crippen molar-refractivity contribution in [3.05, 3.63) is 28.2 Å². The van der Waals surface area contributed by atoms with Crippen LogP contribution in [0, 0.1) is 5.92 Å². The monoisotopic (exact) mass is 294 g/mol. The largest absolute Gasteiger partial charge is 0.381 e. The highest BCUT2D eigenvalue weighted by molar-refractivity contribution is 9.10. The first-order valence-corrected chi connectivity index (χ1v) is 6.80. The van der Waals surface area contributed by atoms with Crippen LogP contribution in [0.1, 0.15) is 18.4 Å². The van der Waals surface area contributed by atoms with Crippen LogP contribution in [0.3, 0.4) is 0 Å². The molecule has 2 aliphatic rings. The van der Waals surface area contributed by atoms with Crippen molar-refractivity contribution in [2.24, 2.45) is 10.9 Å². The second kappa shape index (κ2) is 4.78. The maximum Gasteiger partial charge on any atom is 0.104 e. The molecule has 3 nitrogen and oxygen atoms in total. The molecule has 1 aromatic carbocycles. The molecule has 0 saturated carbocycles. The van der Waals surface area contributed by atoms with Gasteiger partial charge in [0.05, 0.1) is 6.54 Å². The molecule has 90 valence electrons. The van der Waals surface area contributed by atoms with Crippen LogP contribution >= 0.6 is 15.9 Å². The minimum absolute atomic E-state index is 0.542. The Morgan fingerprint density at radius 3 is 2.94 bits per heavy atom. The van der Waals surface area contributed by atoms with Gasteiger partial charge in [0, 0.05) is 29.3 Å². The molecule has 1 N–H and O–H groups in total. The molecular formula is C13H15BrN2O. The molecule has 2 heterocycles. The van der Waals surface area contributed by atoms with Gasteiger partial charge < -0.3 is 10.1 Å². The van der Waals surface area contributed by atoms with Crippen LogP contribution in [-0.4, -0.2) is 19.0 Å². The van der Waals surface area contributed by atoms with E-state index >= 15 is 0 Å². The number of fused-ring (bicyclic) bond motifs is 1. The predicted molar refractivity (Wildman–Crippen MR) is 72.4 cm³/mol. The van der Waals surface area contributed by atoms with Gasteiger partial charge in [-0.3, -0.25) is 4.99 Å². The van der Waals surface area contributed by atoms with Gasteiger partial charge in [0.15, 0.2) is 0 Å². The van der Waals surface area contributed by atoms with Crippen molar-refractivity contribution < 1.29 is 4.74 Å². The molecule has 0 radical (unpaired) electrons. The van der Waals surface area contributed by atoms with Gasteiger partial charge in [0.2, 0.25) is 0 Å². The highest BCUT2D eigenvalue weighted by Gasteiger charge is 2.22. The maximum atomic E-state index is 5.39. The number of nitrogens with one attached hydrogen (secondary N) is 1. The van der Waals surface area contributed by atoms with E-state index in [0.29, 0.717) is 5.92 Å². The second-order valence-electron chi connectivity index (χ2n) is 4.51. The van der Waals surface area contributed by atoms with E-state index in [-0.39, 0.29) is 0 Å². The molecule has 0 bridgehead atoms. The zero-order valence-electron chi connectivity index (χ0n) is 9.58. The second-order valence-corrected chi connectivity index (χ2v) is 5.43. The van der Waals surface area contributed by atoms with Gasteiger partial charge in [-0.1, -0.05) is 15.9 Å². The van der Waals surface area contributed by atoms with Gasteiger partial charge in [-0.15, -0.1) is 0 Å².